The monoisotopic (exact) mass is 414 g/mol. The Morgan fingerprint density at radius 3 is 2.44 bits per heavy atom. The summed E-state index contributed by atoms with van der Waals surface area (Å²) in [5.41, 5.74) is 0.411. The van der Waals surface area contributed by atoms with Crippen LogP contribution < -0.4 is 0 Å². The maximum absolute atomic E-state index is 12.9. The van der Waals surface area contributed by atoms with Crippen molar-refractivity contribution in [1.82, 2.24) is 9.78 Å². The third-order valence-electron chi connectivity index (χ3n) is 3.76. The SMILES string of the molecule is COC(=O)C=Cc1ccc2cnn(-c3c(Cl)cc(C(F)(F)F)cc3Cl)c2c1. The number of benzene rings is 2. The Morgan fingerprint density at radius 1 is 1.19 bits per heavy atom. The minimum atomic E-state index is -4.57. The molecule has 27 heavy (non-hydrogen) atoms. The molecule has 1 aromatic heterocycles. The maximum atomic E-state index is 12.9. The molecule has 3 rings (SSSR count). The second-order valence-corrected chi connectivity index (χ2v) is 6.33. The standard InChI is InChI=1S/C18H11Cl2F3N2O2/c1-27-16(26)5-3-10-2-4-11-9-24-25(15(11)6-10)17-13(19)7-12(8-14(17)20)18(21,22)23/h2-9H,1H3. The lowest BCUT2D eigenvalue weighted by Gasteiger charge is -2.13. The van der Waals surface area contributed by atoms with Gasteiger partial charge in [0.15, 0.2) is 0 Å². The van der Waals surface area contributed by atoms with Crippen molar-refractivity contribution in [3.63, 3.8) is 0 Å². The summed E-state index contributed by atoms with van der Waals surface area (Å²) in [5, 5.41) is 4.53. The number of esters is 1. The van der Waals surface area contributed by atoms with Gasteiger partial charge in [0, 0.05) is 11.5 Å². The molecule has 0 aliphatic heterocycles. The number of aromatic nitrogens is 2. The van der Waals surface area contributed by atoms with Gasteiger partial charge in [-0.05, 0) is 29.8 Å². The molecule has 0 atom stereocenters. The molecule has 0 N–H and O–H groups in total. The molecule has 0 radical (unpaired) electrons. The summed E-state index contributed by atoms with van der Waals surface area (Å²) < 4.78 is 44.7. The highest BCUT2D eigenvalue weighted by Crippen LogP contribution is 2.38. The Kier molecular flexibility index (Phi) is 5.17. The summed E-state index contributed by atoms with van der Waals surface area (Å²) in [6.07, 6.45) is -0.240. The lowest BCUT2D eigenvalue weighted by atomic mass is 10.1. The lowest BCUT2D eigenvalue weighted by Crippen LogP contribution is -2.07. The van der Waals surface area contributed by atoms with E-state index in [0.717, 1.165) is 17.5 Å². The van der Waals surface area contributed by atoms with Crippen molar-refractivity contribution in [2.75, 3.05) is 7.11 Å². The Hall–Kier alpha value is -2.51. The molecule has 9 heteroatoms. The van der Waals surface area contributed by atoms with Gasteiger partial charge in [0.25, 0.3) is 0 Å². The zero-order valence-corrected chi connectivity index (χ0v) is 15.2. The molecule has 0 saturated heterocycles. The van der Waals surface area contributed by atoms with Crippen molar-refractivity contribution >= 4 is 46.2 Å². The van der Waals surface area contributed by atoms with Crippen molar-refractivity contribution in [2.24, 2.45) is 0 Å². The number of hydrogen-bond donors (Lipinski definition) is 0. The average molecular weight is 415 g/mol. The number of nitrogens with zero attached hydrogens (tertiary/aromatic N) is 2. The van der Waals surface area contributed by atoms with Gasteiger partial charge < -0.3 is 4.74 Å². The number of halogens is 5. The molecule has 0 spiro atoms. The quantitative estimate of drug-likeness (QED) is 0.417. The van der Waals surface area contributed by atoms with E-state index < -0.39 is 17.7 Å². The van der Waals surface area contributed by atoms with Crippen LogP contribution in [-0.4, -0.2) is 22.9 Å². The van der Waals surface area contributed by atoms with Crippen LogP contribution in [0.4, 0.5) is 13.2 Å². The first-order chi connectivity index (χ1) is 12.7. The number of carbonyl (C=O) groups excluding carboxylic acids is 1. The van der Waals surface area contributed by atoms with Gasteiger partial charge in [-0.15, -0.1) is 0 Å². The molecular formula is C18H11Cl2F3N2O2. The van der Waals surface area contributed by atoms with E-state index in [1.807, 2.05) is 0 Å². The molecule has 3 aromatic rings. The average Bonchev–Trinajstić information content (AvgIpc) is 3.01. The fourth-order valence-corrected chi connectivity index (χ4v) is 3.13. The number of fused-ring (bicyclic) bond motifs is 1. The second-order valence-electron chi connectivity index (χ2n) is 5.52. The summed E-state index contributed by atoms with van der Waals surface area (Å²) >= 11 is 12.1. The molecule has 0 amide bonds. The second kappa shape index (κ2) is 7.25. The van der Waals surface area contributed by atoms with E-state index in [1.54, 1.807) is 24.3 Å². The molecule has 2 aromatic carbocycles. The summed E-state index contributed by atoms with van der Waals surface area (Å²) in [6.45, 7) is 0. The molecule has 0 aliphatic rings. The van der Waals surface area contributed by atoms with Gasteiger partial charge in [0.05, 0.1) is 34.4 Å². The predicted molar refractivity (Wildman–Crippen MR) is 97.1 cm³/mol. The molecule has 0 fully saturated rings. The molecule has 0 saturated carbocycles. The smallest absolute Gasteiger partial charge is 0.416 e. The van der Waals surface area contributed by atoms with Gasteiger partial charge in [0.2, 0.25) is 0 Å². The van der Waals surface area contributed by atoms with E-state index in [4.69, 9.17) is 23.2 Å². The highest BCUT2D eigenvalue weighted by Gasteiger charge is 2.32. The lowest BCUT2D eigenvalue weighted by molar-refractivity contribution is -0.137. The topological polar surface area (TPSA) is 44.1 Å². The highest BCUT2D eigenvalue weighted by atomic mass is 35.5. The van der Waals surface area contributed by atoms with E-state index in [2.05, 4.69) is 9.84 Å². The molecule has 0 aliphatic carbocycles. The van der Waals surface area contributed by atoms with Crippen LogP contribution in [0.1, 0.15) is 11.1 Å². The summed E-state index contributed by atoms with van der Waals surface area (Å²) in [6, 6.07) is 6.81. The van der Waals surface area contributed by atoms with Gasteiger partial charge in [-0.1, -0.05) is 35.3 Å². The van der Waals surface area contributed by atoms with Gasteiger partial charge in [0.1, 0.15) is 5.69 Å². The Balaban J connectivity index is 2.12. The van der Waals surface area contributed by atoms with Crippen LogP contribution >= 0.6 is 23.2 Å². The predicted octanol–water partition coefficient (Wildman–Crippen LogP) is 5.54. The molecule has 0 unspecified atom stereocenters. The van der Waals surface area contributed by atoms with E-state index in [0.29, 0.717) is 11.1 Å². The summed E-state index contributed by atoms with van der Waals surface area (Å²) in [5.74, 6) is -0.516. The van der Waals surface area contributed by atoms with Crippen LogP contribution in [-0.2, 0) is 15.7 Å². The Labute approximate surface area is 161 Å². The Morgan fingerprint density at radius 2 is 1.85 bits per heavy atom. The van der Waals surface area contributed by atoms with E-state index >= 15 is 0 Å². The number of ether oxygens (including phenoxy) is 1. The first-order valence-electron chi connectivity index (χ1n) is 7.51. The van der Waals surface area contributed by atoms with Crippen LogP contribution in [0.5, 0.6) is 0 Å². The van der Waals surface area contributed by atoms with Crippen LogP contribution in [0.2, 0.25) is 10.0 Å². The minimum Gasteiger partial charge on any atom is -0.466 e. The van der Waals surface area contributed by atoms with E-state index in [1.165, 1.54) is 24.1 Å². The number of methoxy groups -OCH3 is 1. The van der Waals surface area contributed by atoms with Crippen LogP contribution in [0.3, 0.4) is 0 Å². The van der Waals surface area contributed by atoms with Crippen LogP contribution in [0, 0.1) is 0 Å². The number of carbonyl (C=O) groups is 1. The van der Waals surface area contributed by atoms with E-state index in [-0.39, 0.29) is 15.7 Å². The van der Waals surface area contributed by atoms with Crippen LogP contribution in [0.25, 0.3) is 22.7 Å². The minimum absolute atomic E-state index is 0.135. The highest BCUT2D eigenvalue weighted by molar-refractivity contribution is 6.38. The molecule has 4 nitrogen and oxygen atoms in total. The fraction of sp³-hybridized carbons (Fsp3) is 0.111. The zero-order chi connectivity index (χ0) is 19.8. The molecular weight excluding hydrogens is 404 g/mol. The number of alkyl halides is 3. The fourth-order valence-electron chi connectivity index (χ4n) is 2.48. The zero-order valence-electron chi connectivity index (χ0n) is 13.7. The van der Waals surface area contributed by atoms with Gasteiger partial charge in [-0.2, -0.15) is 18.3 Å². The largest absolute Gasteiger partial charge is 0.466 e. The van der Waals surface area contributed by atoms with Crippen molar-refractivity contribution in [2.45, 2.75) is 6.18 Å². The summed E-state index contributed by atoms with van der Waals surface area (Å²) in [7, 11) is 1.26. The maximum Gasteiger partial charge on any atom is 0.416 e. The first kappa shape index (κ1) is 19.3. The molecule has 140 valence electrons. The summed E-state index contributed by atoms with van der Waals surface area (Å²) in [4.78, 5) is 11.2. The molecule has 1 heterocycles. The van der Waals surface area contributed by atoms with Crippen molar-refractivity contribution < 1.29 is 22.7 Å². The third kappa shape index (κ3) is 3.94. The van der Waals surface area contributed by atoms with Gasteiger partial charge >= 0.3 is 12.1 Å². The van der Waals surface area contributed by atoms with Gasteiger partial charge in [-0.3, -0.25) is 0 Å². The normalized spacial score (nSPS) is 12.1. The van der Waals surface area contributed by atoms with E-state index in [9.17, 15) is 18.0 Å². The number of hydrogen-bond acceptors (Lipinski definition) is 3. The Bertz CT molecular complexity index is 1040. The van der Waals surface area contributed by atoms with Crippen molar-refractivity contribution in [3.05, 3.63) is 63.8 Å². The van der Waals surface area contributed by atoms with Gasteiger partial charge in [-0.25, -0.2) is 9.48 Å². The molecule has 0 bridgehead atoms. The first-order valence-corrected chi connectivity index (χ1v) is 8.26. The van der Waals surface area contributed by atoms with Crippen molar-refractivity contribution in [1.29, 1.82) is 0 Å². The number of rotatable bonds is 3. The van der Waals surface area contributed by atoms with Crippen LogP contribution in [0.15, 0.2) is 42.6 Å². The third-order valence-corrected chi connectivity index (χ3v) is 4.34. The van der Waals surface area contributed by atoms with Crippen molar-refractivity contribution in [3.8, 4) is 5.69 Å².